The average molecular weight is 716 g/mol. The first-order valence-electron chi connectivity index (χ1n) is 17.4. The van der Waals surface area contributed by atoms with Crippen LogP contribution in [0.5, 0.6) is 0 Å². The van der Waals surface area contributed by atoms with Gasteiger partial charge in [-0.1, -0.05) is 46.9 Å². The molecule has 3 fully saturated rings. The minimum atomic E-state index is -2.85. The maximum Gasteiger partial charge on any atom is 0.315 e. The first kappa shape index (κ1) is 40.6. The minimum absolute atomic E-state index is 0.0610. The van der Waals surface area contributed by atoms with Gasteiger partial charge < -0.3 is 31.1 Å². The molecule has 3 unspecified atom stereocenters. The number of nitrogens with one attached hydrogen (secondary N) is 4. The molecule has 0 aromatic rings. The van der Waals surface area contributed by atoms with Gasteiger partial charge in [-0.2, -0.15) is 0 Å². The fourth-order valence-corrected chi connectivity index (χ4v) is 7.22. The summed E-state index contributed by atoms with van der Waals surface area (Å²) in [7, 11) is 1.91. The molecule has 2 saturated heterocycles. The summed E-state index contributed by atoms with van der Waals surface area (Å²) < 4.78 is 29.3. The lowest BCUT2D eigenvalue weighted by molar-refractivity contribution is -0.143. The quantitative estimate of drug-likeness (QED) is 0.152. The highest BCUT2D eigenvalue weighted by molar-refractivity contribution is 8.12. The largest absolute Gasteiger partial charge is 0.354 e. The van der Waals surface area contributed by atoms with Crippen LogP contribution < -0.4 is 21.3 Å². The molecule has 1 aliphatic carbocycles. The molecule has 0 radical (unpaired) electrons. The highest BCUT2D eigenvalue weighted by Gasteiger charge is 2.58. The number of rotatable bonds is 15. The van der Waals surface area contributed by atoms with Crippen molar-refractivity contribution in [2.75, 3.05) is 46.0 Å². The number of likely N-dealkylation sites (N-methyl/N-ethyl adjacent to an activating group) is 1. The maximum absolute atomic E-state index is 14.2. The Kier molecular flexibility index (Phi) is 14.0. The van der Waals surface area contributed by atoms with E-state index in [-0.39, 0.29) is 46.4 Å². The molecule has 3 rings (SSSR count). The van der Waals surface area contributed by atoms with Gasteiger partial charge in [0.25, 0.3) is 0 Å². The first-order valence-corrected chi connectivity index (χ1v) is 19.1. The first-order chi connectivity index (χ1) is 22.7. The van der Waals surface area contributed by atoms with E-state index in [1.54, 1.807) is 4.90 Å². The Morgan fingerprint density at radius 3 is 2.29 bits per heavy atom. The molecule has 49 heavy (non-hydrogen) atoms. The Labute approximate surface area is 293 Å². The van der Waals surface area contributed by atoms with Crippen molar-refractivity contribution >= 4 is 45.7 Å². The molecule has 0 spiro atoms. The van der Waals surface area contributed by atoms with Crippen LogP contribution in [0.2, 0.25) is 0 Å². The number of carbonyl (C=O) groups excluding carboxylic acids is 5. The van der Waals surface area contributed by atoms with E-state index in [2.05, 4.69) is 37.2 Å². The fourth-order valence-electron chi connectivity index (χ4n) is 6.48. The number of hydrogen-bond acceptors (Lipinski definition) is 6. The normalized spacial score (nSPS) is 23.3. The van der Waals surface area contributed by atoms with Gasteiger partial charge in [-0.15, -0.1) is 10.7 Å². The summed E-state index contributed by atoms with van der Waals surface area (Å²) in [4.78, 5) is 69.3. The standard InChI is InChI=1S/C34H59F2N7O5S/c1-10-49(9)41(8)20-24(33(2,3)4)39-32(48)40-28(34(5,6)7)31(47)43-19-21-17-22(21)27(43)30(46)38-23(18-25(35)36)29(45)37-14-12-16-42-15-11-13-26(42)44/h10,21-25,27-28H,11-20H2,1-9H3,(H,37,45)(H,38,46)(H2,39,40,48)/t21?,22?,23-,24+,27-,28+,49?/m0/s1. The van der Waals surface area contributed by atoms with Crippen molar-refractivity contribution in [3.8, 4) is 0 Å². The van der Waals surface area contributed by atoms with Gasteiger partial charge >= 0.3 is 6.03 Å². The second-order valence-electron chi connectivity index (χ2n) is 15.8. The van der Waals surface area contributed by atoms with Crippen molar-refractivity contribution in [3.05, 3.63) is 0 Å². The number of hydrogen-bond donors (Lipinski definition) is 4. The van der Waals surface area contributed by atoms with E-state index in [9.17, 15) is 32.8 Å². The van der Waals surface area contributed by atoms with Crippen LogP contribution in [0.4, 0.5) is 13.6 Å². The molecule has 0 aromatic heterocycles. The SMILES string of the molecule is C/C=S(\C)N(C)C[C@@H](NC(=O)N[C@H](C(=O)N1CC2CC2[C@H]1C(=O)N[C@@H](CC(F)F)C(=O)NCCCN1CCCC1=O)C(C)(C)C)C(C)(C)C. The molecule has 4 N–H and O–H groups in total. The summed E-state index contributed by atoms with van der Waals surface area (Å²) in [6.45, 7) is 15.8. The van der Waals surface area contributed by atoms with E-state index in [4.69, 9.17) is 0 Å². The van der Waals surface area contributed by atoms with Crippen LogP contribution in [0, 0.1) is 22.7 Å². The van der Waals surface area contributed by atoms with Gasteiger partial charge in [0.2, 0.25) is 30.1 Å². The molecule has 0 aromatic carbocycles. The number of urea groups is 1. The molecular formula is C34H59F2N7O5S. The Hall–Kier alpha value is -2.81. The summed E-state index contributed by atoms with van der Waals surface area (Å²) >= 11 is 0. The highest BCUT2D eigenvalue weighted by Crippen LogP contribution is 2.50. The van der Waals surface area contributed by atoms with E-state index in [0.717, 1.165) is 6.42 Å². The molecule has 1 saturated carbocycles. The predicted molar refractivity (Wildman–Crippen MR) is 189 cm³/mol. The number of likely N-dealkylation sites (tertiary alicyclic amines) is 2. The molecule has 2 aliphatic heterocycles. The van der Waals surface area contributed by atoms with Gasteiger partial charge in [0.05, 0.1) is 0 Å². The zero-order valence-electron chi connectivity index (χ0n) is 30.7. The third-order valence-corrected chi connectivity index (χ3v) is 11.6. The topological polar surface area (TPSA) is 143 Å². The zero-order valence-corrected chi connectivity index (χ0v) is 31.6. The van der Waals surface area contributed by atoms with Crippen LogP contribution in [0.3, 0.4) is 0 Å². The number of carbonyl (C=O) groups is 5. The Morgan fingerprint density at radius 1 is 1.06 bits per heavy atom. The van der Waals surface area contributed by atoms with Crippen LogP contribution in [-0.2, 0) is 19.2 Å². The molecule has 7 atom stereocenters. The van der Waals surface area contributed by atoms with Crippen LogP contribution in [0.1, 0.15) is 80.6 Å². The van der Waals surface area contributed by atoms with Crippen molar-refractivity contribution in [2.45, 2.75) is 111 Å². The summed E-state index contributed by atoms with van der Waals surface area (Å²) in [5.74, 6) is -1.82. The fraction of sp³-hybridized carbons (Fsp3) is 0.824. The lowest BCUT2D eigenvalue weighted by Crippen LogP contribution is -2.62. The van der Waals surface area contributed by atoms with Gasteiger partial charge in [0, 0.05) is 51.6 Å². The van der Waals surface area contributed by atoms with Gasteiger partial charge in [-0.05, 0) is 62.2 Å². The number of nitrogens with zero attached hydrogens (tertiary/aromatic N) is 3. The number of amides is 6. The minimum Gasteiger partial charge on any atom is -0.354 e. The van der Waals surface area contributed by atoms with Gasteiger partial charge in [0.1, 0.15) is 18.1 Å². The highest BCUT2D eigenvalue weighted by atomic mass is 32.2. The smallest absolute Gasteiger partial charge is 0.315 e. The molecule has 12 nitrogen and oxygen atoms in total. The van der Waals surface area contributed by atoms with Gasteiger partial charge in [-0.25, -0.2) is 13.6 Å². The number of alkyl halides is 2. The van der Waals surface area contributed by atoms with E-state index in [1.165, 1.54) is 4.90 Å². The zero-order chi connectivity index (χ0) is 36.8. The lowest BCUT2D eigenvalue weighted by atomic mass is 9.85. The summed E-state index contributed by atoms with van der Waals surface area (Å²) in [5, 5.41) is 13.2. The Bertz CT molecular complexity index is 1250. The number of piperidine rings is 1. The molecule has 6 amide bonds. The van der Waals surface area contributed by atoms with Crippen LogP contribution >= 0.6 is 10.7 Å². The molecule has 15 heteroatoms. The van der Waals surface area contributed by atoms with Crippen molar-refractivity contribution in [1.82, 2.24) is 35.4 Å². The lowest BCUT2D eigenvalue weighted by Gasteiger charge is -2.38. The van der Waals surface area contributed by atoms with E-state index < -0.39 is 60.1 Å². The van der Waals surface area contributed by atoms with E-state index >= 15 is 0 Å². The number of fused-ring (bicyclic) bond motifs is 1. The summed E-state index contributed by atoms with van der Waals surface area (Å²) in [6, 6.07) is -4.14. The summed E-state index contributed by atoms with van der Waals surface area (Å²) in [5.41, 5.74) is -1.00. The second kappa shape index (κ2) is 16.9. The van der Waals surface area contributed by atoms with Crippen LogP contribution in [0.25, 0.3) is 0 Å². The summed E-state index contributed by atoms with van der Waals surface area (Å²) in [6.07, 6.45) is 0.856. The van der Waals surface area contributed by atoms with E-state index in [0.29, 0.717) is 45.4 Å². The maximum atomic E-state index is 14.2. The van der Waals surface area contributed by atoms with Gasteiger partial charge in [-0.3, -0.25) is 23.5 Å². The third-order valence-electron chi connectivity index (χ3n) is 9.84. The van der Waals surface area contributed by atoms with Crippen molar-refractivity contribution < 1.29 is 32.8 Å². The Balaban J connectivity index is 1.69. The molecule has 0 bridgehead atoms. The van der Waals surface area contributed by atoms with Crippen molar-refractivity contribution in [2.24, 2.45) is 22.7 Å². The number of halogens is 2. The Morgan fingerprint density at radius 2 is 1.73 bits per heavy atom. The second-order valence-corrected chi connectivity index (χ2v) is 18.0. The van der Waals surface area contributed by atoms with Crippen LogP contribution in [0.15, 0.2) is 0 Å². The third kappa shape index (κ3) is 11.3. The van der Waals surface area contributed by atoms with Crippen molar-refractivity contribution in [1.29, 1.82) is 0 Å². The van der Waals surface area contributed by atoms with Crippen LogP contribution in [-0.4, -0.2) is 126 Å². The molecule has 2 heterocycles. The van der Waals surface area contributed by atoms with Gasteiger partial charge in [0.15, 0.2) is 0 Å². The average Bonchev–Trinajstić information content (AvgIpc) is 3.46. The van der Waals surface area contributed by atoms with Crippen molar-refractivity contribution in [3.63, 3.8) is 0 Å². The van der Waals surface area contributed by atoms with E-state index in [1.807, 2.05) is 55.5 Å². The molecule has 280 valence electrons. The molecular weight excluding hydrogens is 656 g/mol. The predicted octanol–water partition coefficient (Wildman–Crippen LogP) is 2.80. The molecule has 3 aliphatic rings. The monoisotopic (exact) mass is 715 g/mol.